The smallest absolute Gasteiger partial charge is 0.137 e. The lowest BCUT2D eigenvalue weighted by Gasteiger charge is -2.26. The van der Waals surface area contributed by atoms with Crippen LogP contribution >= 0.6 is 0 Å². The highest BCUT2D eigenvalue weighted by molar-refractivity contribution is 5.81. The fraction of sp³-hybridized carbons (Fsp3) is 0.435. The second kappa shape index (κ2) is 8.33. The number of fused-ring (bicyclic) bond motifs is 1. The van der Waals surface area contributed by atoms with Crippen LogP contribution in [-0.2, 0) is 11.3 Å². The molecule has 0 spiro atoms. The zero-order chi connectivity index (χ0) is 19.5. The number of ether oxygens (including phenoxy) is 2. The number of hydrogen-bond acceptors (Lipinski definition) is 4. The average molecular weight is 380 g/mol. The molecule has 1 saturated heterocycles. The van der Waals surface area contributed by atoms with Gasteiger partial charge in [0.15, 0.2) is 0 Å². The largest absolute Gasteiger partial charge is 0.494 e. The number of rotatable bonds is 7. The first-order valence-electron chi connectivity index (χ1n) is 10.2. The Bertz CT molecular complexity index is 913. The highest BCUT2D eigenvalue weighted by Gasteiger charge is 2.26. The first-order valence-corrected chi connectivity index (χ1v) is 10.2. The summed E-state index contributed by atoms with van der Waals surface area (Å²) in [5.74, 6) is 0.921. The molecule has 4 rings (SSSR count). The molecule has 5 nitrogen and oxygen atoms in total. The van der Waals surface area contributed by atoms with Gasteiger partial charge in [0, 0.05) is 30.8 Å². The molecule has 0 unspecified atom stereocenters. The number of nitrogens with one attached hydrogen (secondary N) is 1. The lowest BCUT2D eigenvalue weighted by Crippen LogP contribution is -2.22. The Hall–Kier alpha value is -2.37. The summed E-state index contributed by atoms with van der Waals surface area (Å²) in [6.45, 7) is 6.62. The van der Waals surface area contributed by atoms with Gasteiger partial charge in [-0.1, -0.05) is 12.1 Å². The molecular formula is C23H29N3O2. The van der Waals surface area contributed by atoms with Crippen molar-refractivity contribution in [3.63, 3.8) is 0 Å². The van der Waals surface area contributed by atoms with Crippen LogP contribution in [0.2, 0.25) is 0 Å². The fourth-order valence-electron chi connectivity index (χ4n) is 4.00. The van der Waals surface area contributed by atoms with Crippen LogP contribution in [0.25, 0.3) is 11.0 Å². The highest BCUT2D eigenvalue weighted by Crippen LogP contribution is 2.35. The fourth-order valence-corrected chi connectivity index (χ4v) is 4.00. The third kappa shape index (κ3) is 3.77. The van der Waals surface area contributed by atoms with E-state index in [0.29, 0.717) is 6.61 Å². The van der Waals surface area contributed by atoms with Crippen molar-refractivity contribution < 1.29 is 9.47 Å². The van der Waals surface area contributed by atoms with E-state index in [4.69, 9.17) is 9.47 Å². The molecule has 0 saturated carbocycles. The number of benzene rings is 1. The van der Waals surface area contributed by atoms with E-state index in [-0.39, 0.29) is 12.1 Å². The van der Waals surface area contributed by atoms with Gasteiger partial charge in [-0.2, -0.15) is 0 Å². The Morgan fingerprint density at radius 1 is 1.29 bits per heavy atom. The molecule has 0 radical (unpaired) electrons. The van der Waals surface area contributed by atoms with Crippen LogP contribution in [0.4, 0.5) is 0 Å². The summed E-state index contributed by atoms with van der Waals surface area (Å²) in [7, 11) is 2.18. The quantitative estimate of drug-likeness (QED) is 0.627. The molecule has 5 heteroatoms. The molecular weight excluding hydrogens is 350 g/mol. The number of pyridine rings is 1. The Morgan fingerprint density at radius 3 is 2.82 bits per heavy atom. The molecule has 3 heterocycles. The van der Waals surface area contributed by atoms with Gasteiger partial charge in [-0.15, -0.1) is 0 Å². The Labute approximate surface area is 166 Å². The van der Waals surface area contributed by atoms with Crippen LogP contribution in [0.3, 0.4) is 0 Å². The van der Waals surface area contributed by atoms with Gasteiger partial charge in [-0.05, 0) is 69.1 Å². The summed E-state index contributed by atoms with van der Waals surface area (Å²) in [4.78, 5) is 10.4. The van der Waals surface area contributed by atoms with Crippen LogP contribution in [0.5, 0.6) is 5.75 Å². The number of aromatic amines is 1. The predicted molar refractivity (Wildman–Crippen MR) is 112 cm³/mol. The highest BCUT2D eigenvalue weighted by atomic mass is 16.5. The van der Waals surface area contributed by atoms with Crippen molar-refractivity contribution >= 4 is 11.0 Å². The molecule has 1 aromatic carbocycles. The minimum absolute atomic E-state index is 0.151. The van der Waals surface area contributed by atoms with Crippen molar-refractivity contribution in [2.45, 2.75) is 45.4 Å². The van der Waals surface area contributed by atoms with Crippen LogP contribution in [0, 0.1) is 0 Å². The van der Waals surface area contributed by atoms with Gasteiger partial charge in [0.05, 0.1) is 18.4 Å². The van der Waals surface area contributed by atoms with E-state index in [0.717, 1.165) is 37.4 Å². The maximum absolute atomic E-state index is 5.98. The van der Waals surface area contributed by atoms with E-state index in [1.807, 2.05) is 19.2 Å². The zero-order valence-electron chi connectivity index (χ0n) is 16.9. The lowest BCUT2D eigenvalue weighted by molar-refractivity contribution is 0.107. The van der Waals surface area contributed by atoms with Crippen molar-refractivity contribution in [2.75, 3.05) is 20.3 Å². The summed E-state index contributed by atoms with van der Waals surface area (Å²) in [5, 5.41) is 1.19. The number of H-pyrrole nitrogens is 1. The molecule has 1 aliphatic rings. The van der Waals surface area contributed by atoms with E-state index in [1.54, 1.807) is 0 Å². The summed E-state index contributed by atoms with van der Waals surface area (Å²) < 4.78 is 11.5. The minimum Gasteiger partial charge on any atom is -0.494 e. The SMILES string of the molecule is CCOc1ccc([C@@H](C)N(C)Cc2c([C@H]3CCCO3)[nH]c3ncccc23)cc1. The molecule has 1 N–H and O–H groups in total. The normalized spacial score (nSPS) is 18.1. The van der Waals surface area contributed by atoms with Crippen LogP contribution < -0.4 is 4.74 Å². The van der Waals surface area contributed by atoms with Gasteiger partial charge in [-0.3, -0.25) is 4.90 Å². The Kier molecular flexibility index (Phi) is 5.64. The molecule has 2 aromatic heterocycles. The van der Waals surface area contributed by atoms with Gasteiger partial charge in [0.1, 0.15) is 11.4 Å². The van der Waals surface area contributed by atoms with Gasteiger partial charge >= 0.3 is 0 Å². The molecule has 0 aliphatic carbocycles. The molecule has 0 amide bonds. The molecule has 1 fully saturated rings. The van der Waals surface area contributed by atoms with Crippen LogP contribution in [0.15, 0.2) is 42.6 Å². The van der Waals surface area contributed by atoms with Gasteiger partial charge in [-0.25, -0.2) is 4.98 Å². The van der Waals surface area contributed by atoms with E-state index in [1.165, 1.54) is 22.2 Å². The van der Waals surface area contributed by atoms with Gasteiger partial charge in [0.25, 0.3) is 0 Å². The van der Waals surface area contributed by atoms with Gasteiger partial charge < -0.3 is 14.5 Å². The van der Waals surface area contributed by atoms with E-state index in [2.05, 4.69) is 59.2 Å². The monoisotopic (exact) mass is 379 g/mol. The third-order valence-corrected chi connectivity index (χ3v) is 5.70. The Morgan fingerprint density at radius 2 is 2.11 bits per heavy atom. The number of nitrogens with zero attached hydrogens (tertiary/aromatic N) is 2. The number of hydrogen-bond donors (Lipinski definition) is 1. The van der Waals surface area contributed by atoms with Crippen molar-refractivity contribution in [2.24, 2.45) is 0 Å². The first kappa shape index (κ1) is 19.0. The summed E-state index contributed by atoms with van der Waals surface area (Å²) >= 11 is 0. The maximum Gasteiger partial charge on any atom is 0.137 e. The standard InChI is InChI=1S/C23H29N3O2/c1-4-27-18-11-9-17(10-12-18)16(2)26(3)15-20-19-7-5-13-24-23(19)25-22(20)21-8-6-14-28-21/h5,7,9-13,16,21H,4,6,8,14-15H2,1-3H3,(H,24,25)/t16-,21-/m1/s1. The summed E-state index contributed by atoms with van der Waals surface area (Å²) in [6, 6.07) is 12.9. The Balaban J connectivity index is 1.58. The van der Waals surface area contributed by atoms with E-state index in [9.17, 15) is 0 Å². The van der Waals surface area contributed by atoms with Gasteiger partial charge in [0.2, 0.25) is 0 Å². The second-order valence-corrected chi connectivity index (χ2v) is 7.51. The molecule has 28 heavy (non-hydrogen) atoms. The summed E-state index contributed by atoms with van der Waals surface area (Å²) in [5.41, 5.74) is 4.72. The van der Waals surface area contributed by atoms with Crippen LogP contribution in [0.1, 0.15) is 55.7 Å². The van der Waals surface area contributed by atoms with Crippen molar-refractivity contribution in [1.82, 2.24) is 14.9 Å². The summed E-state index contributed by atoms with van der Waals surface area (Å²) in [6.07, 6.45) is 4.18. The van der Waals surface area contributed by atoms with E-state index < -0.39 is 0 Å². The van der Waals surface area contributed by atoms with E-state index >= 15 is 0 Å². The van der Waals surface area contributed by atoms with Crippen molar-refractivity contribution in [3.05, 3.63) is 59.4 Å². The van der Waals surface area contributed by atoms with Crippen LogP contribution in [-0.4, -0.2) is 35.1 Å². The third-order valence-electron chi connectivity index (χ3n) is 5.70. The maximum atomic E-state index is 5.98. The molecule has 3 aromatic rings. The average Bonchev–Trinajstić information content (AvgIpc) is 3.36. The van der Waals surface area contributed by atoms with Crippen molar-refractivity contribution in [3.8, 4) is 5.75 Å². The second-order valence-electron chi connectivity index (χ2n) is 7.51. The first-order chi connectivity index (χ1) is 13.7. The molecule has 0 bridgehead atoms. The molecule has 1 aliphatic heterocycles. The topological polar surface area (TPSA) is 50.4 Å². The number of aromatic nitrogens is 2. The molecule has 148 valence electrons. The predicted octanol–water partition coefficient (Wildman–Crippen LogP) is 5.01. The molecule has 2 atom stereocenters. The zero-order valence-corrected chi connectivity index (χ0v) is 16.9. The lowest BCUT2D eigenvalue weighted by atomic mass is 10.0. The van der Waals surface area contributed by atoms with Crippen molar-refractivity contribution in [1.29, 1.82) is 0 Å². The minimum atomic E-state index is 0.151.